The van der Waals surface area contributed by atoms with Crippen LogP contribution >= 0.6 is 11.8 Å². The van der Waals surface area contributed by atoms with Crippen molar-refractivity contribution in [3.63, 3.8) is 0 Å². The van der Waals surface area contributed by atoms with Crippen LogP contribution in [0.1, 0.15) is 33.1 Å². The van der Waals surface area contributed by atoms with Gasteiger partial charge in [0.15, 0.2) is 5.12 Å². The molecule has 1 atom stereocenters. The summed E-state index contributed by atoms with van der Waals surface area (Å²) in [5.74, 6) is 0.720. The number of hydrogen-bond donors (Lipinski definition) is 0. The minimum absolute atomic E-state index is 0.0684. The summed E-state index contributed by atoms with van der Waals surface area (Å²) >= 11 is 1.24. The quantitative estimate of drug-likeness (QED) is 0.600. The maximum Gasteiger partial charge on any atom is 0.185 e. The molecule has 0 bridgehead atoms. The molecule has 0 radical (unpaired) electrons. The summed E-state index contributed by atoms with van der Waals surface area (Å²) in [6.07, 6.45) is 4.06. The van der Waals surface area contributed by atoms with E-state index in [1.165, 1.54) is 18.7 Å². The summed E-state index contributed by atoms with van der Waals surface area (Å²) in [7, 11) is 0. The van der Waals surface area contributed by atoms with Crippen LogP contribution in [0.2, 0.25) is 0 Å². The van der Waals surface area contributed by atoms with Crippen LogP contribution in [0.25, 0.3) is 0 Å². The van der Waals surface area contributed by atoms with Crippen LogP contribution < -0.4 is 0 Å². The zero-order chi connectivity index (χ0) is 9.40. The molecule has 0 aliphatic heterocycles. The molecule has 12 heavy (non-hydrogen) atoms. The van der Waals surface area contributed by atoms with E-state index in [1.807, 2.05) is 0 Å². The van der Waals surface area contributed by atoms with E-state index in [4.69, 9.17) is 0 Å². The topological polar surface area (TPSA) is 34.1 Å². The van der Waals surface area contributed by atoms with E-state index in [0.717, 1.165) is 25.5 Å². The Kier molecular flexibility index (Phi) is 7.16. The first kappa shape index (κ1) is 11.7. The van der Waals surface area contributed by atoms with Gasteiger partial charge in [-0.05, 0) is 6.42 Å². The van der Waals surface area contributed by atoms with Gasteiger partial charge in [0.05, 0.1) is 0 Å². The lowest BCUT2D eigenvalue weighted by Crippen LogP contribution is -2.06. The van der Waals surface area contributed by atoms with E-state index in [2.05, 4.69) is 6.92 Å². The standard InChI is InChI=1S/C9H16O2S/c1-3-4-5-9(6-10)7-12-8(2)11/h6,9H,3-5,7H2,1-2H3. The number of carbonyl (C=O) groups excluding carboxylic acids is 2. The molecule has 0 aromatic rings. The molecule has 2 nitrogen and oxygen atoms in total. The highest BCUT2D eigenvalue weighted by Gasteiger charge is 2.07. The average Bonchev–Trinajstić information content (AvgIpc) is 2.05. The van der Waals surface area contributed by atoms with Crippen LogP contribution in [0.15, 0.2) is 0 Å². The number of thioether (sulfide) groups is 1. The Balaban J connectivity index is 3.52. The van der Waals surface area contributed by atoms with Gasteiger partial charge < -0.3 is 4.79 Å². The molecule has 0 amide bonds. The van der Waals surface area contributed by atoms with Crippen molar-refractivity contribution in [2.75, 3.05) is 5.75 Å². The predicted octanol–water partition coefficient (Wildman–Crippen LogP) is 2.27. The Morgan fingerprint density at radius 2 is 2.25 bits per heavy atom. The van der Waals surface area contributed by atoms with Crippen LogP contribution in [0.5, 0.6) is 0 Å². The predicted molar refractivity (Wildman–Crippen MR) is 52.2 cm³/mol. The van der Waals surface area contributed by atoms with E-state index in [-0.39, 0.29) is 11.0 Å². The van der Waals surface area contributed by atoms with Crippen molar-refractivity contribution >= 4 is 23.2 Å². The summed E-state index contributed by atoms with van der Waals surface area (Å²) in [4.78, 5) is 21.1. The number of carbonyl (C=O) groups is 2. The first-order valence-electron chi connectivity index (χ1n) is 4.29. The summed E-state index contributed by atoms with van der Waals surface area (Å²) in [5, 5.41) is 0.0957. The molecule has 0 saturated heterocycles. The minimum atomic E-state index is 0.0684. The van der Waals surface area contributed by atoms with Gasteiger partial charge in [0.25, 0.3) is 0 Å². The van der Waals surface area contributed by atoms with Crippen molar-refractivity contribution in [3.8, 4) is 0 Å². The van der Waals surface area contributed by atoms with Gasteiger partial charge in [-0.1, -0.05) is 31.5 Å². The molecule has 0 aliphatic rings. The smallest absolute Gasteiger partial charge is 0.185 e. The fraction of sp³-hybridized carbons (Fsp3) is 0.778. The molecule has 0 fully saturated rings. The number of aldehydes is 1. The van der Waals surface area contributed by atoms with E-state index < -0.39 is 0 Å². The maximum atomic E-state index is 10.6. The van der Waals surface area contributed by atoms with Crippen molar-refractivity contribution in [2.24, 2.45) is 5.92 Å². The summed E-state index contributed by atoms with van der Waals surface area (Å²) in [6, 6.07) is 0. The first-order chi connectivity index (χ1) is 5.70. The molecule has 1 unspecified atom stereocenters. The minimum Gasteiger partial charge on any atom is -0.303 e. The number of hydrogen-bond acceptors (Lipinski definition) is 3. The van der Waals surface area contributed by atoms with Crippen molar-refractivity contribution in [1.29, 1.82) is 0 Å². The molecule has 0 heterocycles. The van der Waals surface area contributed by atoms with Crippen LogP contribution in [-0.2, 0) is 9.59 Å². The molecule has 0 spiro atoms. The Morgan fingerprint density at radius 3 is 2.67 bits per heavy atom. The van der Waals surface area contributed by atoms with Crippen LogP contribution in [0, 0.1) is 5.92 Å². The van der Waals surface area contributed by atoms with E-state index in [0.29, 0.717) is 5.75 Å². The molecule has 0 saturated carbocycles. The van der Waals surface area contributed by atoms with E-state index in [9.17, 15) is 9.59 Å². The third-order valence-corrected chi connectivity index (χ3v) is 2.62. The fourth-order valence-corrected chi connectivity index (χ4v) is 1.58. The zero-order valence-corrected chi connectivity index (χ0v) is 8.52. The molecule has 3 heteroatoms. The fourth-order valence-electron chi connectivity index (χ4n) is 0.881. The number of rotatable bonds is 6. The highest BCUT2D eigenvalue weighted by atomic mass is 32.2. The van der Waals surface area contributed by atoms with Gasteiger partial charge in [-0.2, -0.15) is 0 Å². The monoisotopic (exact) mass is 188 g/mol. The summed E-state index contributed by atoms with van der Waals surface area (Å²) in [6.45, 7) is 3.63. The zero-order valence-electron chi connectivity index (χ0n) is 7.71. The van der Waals surface area contributed by atoms with Gasteiger partial charge in [0.1, 0.15) is 6.29 Å². The maximum absolute atomic E-state index is 10.6. The van der Waals surface area contributed by atoms with Crippen molar-refractivity contribution in [2.45, 2.75) is 33.1 Å². The lowest BCUT2D eigenvalue weighted by Gasteiger charge is -2.06. The molecule has 0 aromatic heterocycles. The molecule has 0 rings (SSSR count). The highest BCUT2D eigenvalue weighted by Crippen LogP contribution is 2.13. The summed E-state index contributed by atoms with van der Waals surface area (Å²) in [5.41, 5.74) is 0. The largest absolute Gasteiger partial charge is 0.303 e. The Labute approximate surface area is 78.1 Å². The Morgan fingerprint density at radius 1 is 1.58 bits per heavy atom. The second-order valence-corrected chi connectivity index (χ2v) is 4.04. The molecular weight excluding hydrogens is 172 g/mol. The van der Waals surface area contributed by atoms with E-state index >= 15 is 0 Å². The van der Waals surface area contributed by atoms with E-state index in [1.54, 1.807) is 0 Å². The molecule has 70 valence electrons. The Bertz CT molecular complexity index is 145. The van der Waals surface area contributed by atoms with Crippen molar-refractivity contribution < 1.29 is 9.59 Å². The van der Waals surface area contributed by atoms with Gasteiger partial charge in [0, 0.05) is 18.6 Å². The second kappa shape index (κ2) is 7.35. The summed E-state index contributed by atoms with van der Waals surface area (Å²) < 4.78 is 0. The average molecular weight is 188 g/mol. The molecule has 0 N–H and O–H groups in total. The lowest BCUT2D eigenvalue weighted by molar-refractivity contribution is -0.110. The Hall–Kier alpha value is -0.310. The SMILES string of the molecule is CCCCC(C=O)CSC(C)=O. The molecular formula is C9H16O2S. The molecule has 0 aliphatic carbocycles. The first-order valence-corrected chi connectivity index (χ1v) is 5.28. The third kappa shape index (κ3) is 6.40. The van der Waals surface area contributed by atoms with Gasteiger partial charge in [-0.3, -0.25) is 4.79 Å². The van der Waals surface area contributed by atoms with Crippen molar-refractivity contribution in [1.82, 2.24) is 0 Å². The third-order valence-electron chi connectivity index (χ3n) is 1.62. The number of unbranched alkanes of at least 4 members (excludes halogenated alkanes) is 1. The molecule has 0 aromatic carbocycles. The second-order valence-electron chi connectivity index (χ2n) is 2.84. The van der Waals surface area contributed by atoms with Crippen LogP contribution in [-0.4, -0.2) is 17.2 Å². The van der Waals surface area contributed by atoms with Gasteiger partial charge in [0.2, 0.25) is 0 Å². The normalized spacial score (nSPS) is 12.5. The highest BCUT2D eigenvalue weighted by molar-refractivity contribution is 8.13. The van der Waals surface area contributed by atoms with Gasteiger partial charge >= 0.3 is 0 Å². The van der Waals surface area contributed by atoms with Crippen molar-refractivity contribution in [3.05, 3.63) is 0 Å². The van der Waals surface area contributed by atoms with Gasteiger partial charge in [-0.15, -0.1) is 0 Å². The van der Waals surface area contributed by atoms with Crippen LogP contribution in [0.3, 0.4) is 0 Å². The van der Waals surface area contributed by atoms with Gasteiger partial charge in [-0.25, -0.2) is 0 Å². The lowest BCUT2D eigenvalue weighted by atomic mass is 10.1. The van der Waals surface area contributed by atoms with Crippen LogP contribution in [0.4, 0.5) is 0 Å².